The lowest BCUT2D eigenvalue weighted by molar-refractivity contribution is 0.551. The lowest BCUT2D eigenvalue weighted by Gasteiger charge is -2.04. The Kier molecular flexibility index (Phi) is 2.48. The number of aryl methyl sites for hydroxylation is 1. The Bertz CT molecular complexity index is 484. The summed E-state index contributed by atoms with van der Waals surface area (Å²) in [5.74, 6) is 1.61. The minimum absolute atomic E-state index is 0.491. The molecule has 2 heterocycles. The Morgan fingerprint density at radius 3 is 2.53 bits per heavy atom. The van der Waals surface area contributed by atoms with Crippen LogP contribution >= 0.6 is 15.9 Å². The largest absolute Gasteiger partial charge is 0.446 e. The summed E-state index contributed by atoms with van der Waals surface area (Å²) in [4.78, 5) is 8.48. The van der Waals surface area contributed by atoms with Gasteiger partial charge in [-0.2, -0.15) is 0 Å². The number of hydrogen-bond acceptors (Lipinski definition) is 4. The molecule has 0 amide bonds. The van der Waals surface area contributed by atoms with Crippen molar-refractivity contribution >= 4 is 21.7 Å². The highest BCUT2D eigenvalue weighted by atomic mass is 79.9. The first-order chi connectivity index (χ1) is 7.08. The van der Waals surface area contributed by atoms with Crippen LogP contribution < -0.4 is 5.73 Å². The molecule has 0 saturated carbocycles. The maximum absolute atomic E-state index is 5.76. The SMILES string of the molecule is Cc1nc(-c2ccc(Br)o2)nc(N)c1C. The van der Waals surface area contributed by atoms with Crippen LogP contribution in [0.2, 0.25) is 0 Å². The van der Waals surface area contributed by atoms with Crippen LogP contribution in [-0.2, 0) is 0 Å². The van der Waals surface area contributed by atoms with Gasteiger partial charge in [-0.3, -0.25) is 0 Å². The van der Waals surface area contributed by atoms with Crippen LogP contribution in [-0.4, -0.2) is 9.97 Å². The summed E-state index contributed by atoms with van der Waals surface area (Å²) in [7, 11) is 0. The van der Waals surface area contributed by atoms with Crippen LogP contribution in [0.4, 0.5) is 5.82 Å². The summed E-state index contributed by atoms with van der Waals surface area (Å²) in [6.07, 6.45) is 0. The van der Waals surface area contributed by atoms with Crippen LogP contribution in [0.25, 0.3) is 11.6 Å². The molecule has 4 nitrogen and oxygen atoms in total. The van der Waals surface area contributed by atoms with E-state index < -0.39 is 0 Å². The standard InChI is InChI=1S/C10H10BrN3O/c1-5-6(2)13-10(14-9(5)12)7-3-4-8(11)15-7/h3-4H,1-2H3,(H2,12,13,14). The quantitative estimate of drug-likeness (QED) is 0.863. The normalized spacial score (nSPS) is 10.6. The molecule has 0 saturated heterocycles. The van der Waals surface area contributed by atoms with Gasteiger partial charge < -0.3 is 10.2 Å². The van der Waals surface area contributed by atoms with Crippen LogP contribution in [0.1, 0.15) is 11.3 Å². The second kappa shape index (κ2) is 3.66. The van der Waals surface area contributed by atoms with E-state index >= 15 is 0 Å². The first-order valence-electron chi connectivity index (χ1n) is 4.44. The van der Waals surface area contributed by atoms with Gasteiger partial charge in [0.1, 0.15) is 5.82 Å². The molecule has 2 N–H and O–H groups in total. The molecule has 0 radical (unpaired) electrons. The zero-order valence-corrected chi connectivity index (χ0v) is 10.00. The molecule has 78 valence electrons. The number of anilines is 1. The second-order valence-corrected chi connectivity index (χ2v) is 4.03. The third kappa shape index (κ3) is 1.87. The lowest BCUT2D eigenvalue weighted by atomic mass is 10.2. The summed E-state index contributed by atoms with van der Waals surface area (Å²) < 4.78 is 6.01. The van der Waals surface area contributed by atoms with Crippen molar-refractivity contribution in [1.29, 1.82) is 0 Å². The number of nitrogens with two attached hydrogens (primary N) is 1. The third-order valence-corrected chi connectivity index (χ3v) is 2.65. The zero-order chi connectivity index (χ0) is 11.0. The van der Waals surface area contributed by atoms with Crippen molar-refractivity contribution in [2.45, 2.75) is 13.8 Å². The Morgan fingerprint density at radius 1 is 1.27 bits per heavy atom. The van der Waals surface area contributed by atoms with Crippen molar-refractivity contribution in [1.82, 2.24) is 9.97 Å². The van der Waals surface area contributed by atoms with Gasteiger partial charge in [-0.1, -0.05) is 0 Å². The highest BCUT2D eigenvalue weighted by Gasteiger charge is 2.10. The van der Waals surface area contributed by atoms with Gasteiger partial charge in [-0.25, -0.2) is 9.97 Å². The first kappa shape index (κ1) is 10.2. The van der Waals surface area contributed by atoms with Gasteiger partial charge in [-0.05, 0) is 41.9 Å². The number of nitrogen functional groups attached to an aromatic ring is 1. The monoisotopic (exact) mass is 267 g/mol. The van der Waals surface area contributed by atoms with Gasteiger partial charge in [0.15, 0.2) is 16.3 Å². The molecule has 0 spiro atoms. The van der Waals surface area contributed by atoms with Gasteiger partial charge in [-0.15, -0.1) is 0 Å². The summed E-state index contributed by atoms with van der Waals surface area (Å²) in [6.45, 7) is 3.79. The van der Waals surface area contributed by atoms with Crippen molar-refractivity contribution in [3.63, 3.8) is 0 Å². The molecular weight excluding hydrogens is 258 g/mol. The van der Waals surface area contributed by atoms with E-state index in [1.165, 1.54) is 0 Å². The van der Waals surface area contributed by atoms with Crippen molar-refractivity contribution in [3.8, 4) is 11.6 Å². The van der Waals surface area contributed by atoms with E-state index in [1.807, 2.05) is 13.8 Å². The molecule has 0 fully saturated rings. The molecule has 0 aliphatic heterocycles. The topological polar surface area (TPSA) is 64.9 Å². The number of halogens is 1. The highest BCUT2D eigenvalue weighted by Crippen LogP contribution is 2.24. The maximum atomic E-state index is 5.76. The summed E-state index contributed by atoms with van der Waals surface area (Å²) in [6, 6.07) is 3.59. The first-order valence-corrected chi connectivity index (χ1v) is 5.23. The summed E-state index contributed by atoms with van der Waals surface area (Å²) >= 11 is 3.23. The second-order valence-electron chi connectivity index (χ2n) is 3.25. The van der Waals surface area contributed by atoms with Crippen LogP contribution in [0.3, 0.4) is 0 Å². The summed E-state index contributed by atoms with van der Waals surface area (Å²) in [5.41, 5.74) is 7.53. The molecular formula is C10H10BrN3O. The fourth-order valence-corrected chi connectivity index (χ4v) is 1.50. The van der Waals surface area contributed by atoms with Gasteiger partial charge >= 0.3 is 0 Å². The third-order valence-electron chi connectivity index (χ3n) is 2.22. The maximum Gasteiger partial charge on any atom is 0.197 e. The van der Waals surface area contributed by atoms with Gasteiger partial charge in [0.25, 0.3) is 0 Å². The van der Waals surface area contributed by atoms with E-state index in [2.05, 4.69) is 25.9 Å². The van der Waals surface area contributed by atoms with Crippen molar-refractivity contribution in [3.05, 3.63) is 28.1 Å². The predicted octanol–water partition coefficient (Wildman–Crippen LogP) is 2.70. The van der Waals surface area contributed by atoms with Crippen molar-refractivity contribution in [2.75, 3.05) is 5.73 Å². The van der Waals surface area contributed by atoms with Crippen LogP contribution in [0, 0.1) is 13.8 Å². The minimum atomic E-state index is 0.491. The van der Waals surface area contributed by atoms with Gasteiger partial charge in [0.05, 0.1) is 0 Å². The molecule has 2 rings (SSSR count). The predicted molar refractivity (Wildman–Crippen MR) is 61.3 cm³/mol. The van der Waals surface area contributed by atoms with E-state index in [4.69, 9.17) is 10.2 Å². The van der Waals surface area contributed by atoms with Crippen LogP contribution in [0.5, 0.6) is 0 Å². The van der Waals surface area contributed by atoms with Gasteiger partial charge in [0, 0.05) is 11.3 Å². The van der Waals surface area contributed by atoms with E-state index in [0.717, 1.165) is 11.3 Å². The molecule has 0 aliphatic carbocycles. The molecule has 0 bridgehead atoms. The molecule has 0 aliphatic rings. The number of rotatable bonds is 1. The number of furan rings is 1. The zero-order valence-electron chi connectivity index (χ0n) is 8.41. The smallest absolute Gasteiger partial charge is 0.197 e. The Hall–Kier alpha value is -1.36. The molecule has 0 atom stereocenters. The van der Waals surface area contributed by atoms with Crippen molar-refractivity contribution in [2.24, 2.45) is 0 Å². The molecule has 15 heavy (non-hydrogen) atoms. The fraction of sp³-hybridized carbons (Fsp3) is 0.200. The number of nitrogens with zero attached hydrogens (tertiary/aromatic N) is 2. The molecule has 2 aromatic rings. The van der Waals surface area contributed by atoms with E-state index in [-0.39, 0.29) is 0 Å². The van der Waals surface area contributed by atoms with Gasteiger partial charge in [0.2, 0.25) is 0 Å². The molecule has 0 unspecified atom stereocenters. The summed E-state index contributed by atoms with van der Waals surface area (Å²) in [5, 5.41) is 0. The Balaban J connectivity index is 2.55. The van der Waals surface area contributed by atoms with E-state index in [9.17, 15) is 0 Å². The Labute approximate surface area is 95.7 Å². The van der Waals surface area contributed by atoms with E-state index in [1.54, 1.807) is 12.1 Å². The molecule has 0 aromatic carbocycles. The Morgan fingerprint density at radius 2 is 2.00 bits per heavy atom. The van der Waals surface area contributed by atoms with E-state index in [0.29, 0.717) is 22.1 Å². The number of aromatic nitrogens is 2. The lowest BCUT2D eigenvalue weighted by Crippen LogP contribution is -2.01. The number of hydrogen-bond donors (Lipinski definition) is 1. The van der Waals surface area contributed by atoms with Crippen LogP contribution in [0.15, 0.2) is 21.2 Å². The fourth-order valence-electron chi connectivity index (χ4n) is 1.20. The molecule has 5 heteroatoms. The minimum Gasteiger partial charge on any atom is -0.446 e. The molecule has 2 aromatic heterocycles. The average molecular weight is 268 g/mol. The highest BCUT2D eigenvalue weighted by molar-refractivity contribution is 9.10. The van der Waals surface area contributed by atoms with Crippen molar-refractivity contribution < 1.29 is 4.42 Å². The average Bonchev–Trinajstić information content (AvgIpc) is 2.60.